The lowest BCUT2D eigenvalue weighted by molar-refractivity contribution is -0.131. The average molecular weight is 307 g/mol. The van der Waals surface area contributed by atoms with Crippen LogP contribution in [-0.2, 0) is 19.1 Å². The predicted molar refractivity (Wildman–Crippen MR) is 74.5 cm³/mol. The van der Waals surface area contributed by atoms with Gasteiger partial charge in [0, 0.05) is 12.2 Å². The molecule has 0 bridgehead atoms. The molecule has 1 aromatic carbocycles. The lowest BCUT2D eigenvalue weighted by atomic mass is 10.1. The molecule has 0 saturated carbocycles. The second kappa shape index (κ2) is 7.58. The van der Waals surface area contributed by atoms with E-state index in [0.717, 1.165) is 13.2 Å². The summed E-state index contributed by atoms with van der Waals surface area (Å²) in [6.07, 6.45) is 1.41. The van der Waals surface area contributed by atoms with Gasteiger partial charge in [-0.05, 0) is 18.2 Å². The molecule has 0 saturated heterocycles. The largest absolute Gasteiger partial charge is 0.478 e. The summed E-state index contributed by atoms with van der Waals surface area (Å²) < 4.78 is 9.11. The number of anilines is 1. The number of aliphatic carboxylic acids is 1. The summed E-state index contributed by atoms with van der Waals surface area (Å²) in [5.74, 6) is -3.47. The Hall–Kier alpha value is -3.16. The minimum absolute atomic E-state index is 0.00483. The fourth-order valence-electron chi connectivity index (χ4n) is 1.50. The lowest BCUT2D eigenvalue weighted by Gasteiger charge is -2.10. The predicted octanol–water partition coefficient (Wildman–Crippen LogP) is 0.839. The first kappa shape index (κ1) is 16.9. The number of carboxylic acid groups (broad SMARTS) is 1. The van der Waals surface area contributed by atoms with Crippen molar-refractivity contribution < 1.29 is 33.8 Å². The number of nitrogens with one attached hydrogen (secondary N) is 1. The van der Waals surface area contributed by atoms with E-state index in [-0.39, 0.29) is 16.8 Å². The van der Waals surface area contributed by atoms with E-state index in [1.807, 2.05) is 0 Å². The second-order valence-electron chi connectivity index (χ2n) is 3.90. The van der Waals surface area contributed by atoms with Crippen molar-refractivity contribution >= 4 is 29.5 Å². The number of ether oxygens (including phenoxy) is 2. The summed E-state index contributed by atoms with van der Waals surface area (Å²) in [4.78, 5) is 45.1. The summed E-state index contributed by atoms with van der Waals surface area (Å²) >= 11 is 0. The van der Waals surface area contributed by atoms with Gasteiger partial charge in [0.25, 0.3) is 0 Å². The Kier molecular flexibility index (Phi) is 5.82. The molecule has 0 unspecified atom stereocenters. The van der Waals surface area contributed by atoms with Crippen molar-refractivity contribution in [3.63, 3.8) is 0 Å². The summed E-state index contributed by atoms with van der Waals surface area (Å²) in [6.45, 7) is 0. The first-order valence-electron chi connectivity index (χ1n) is 5.91. The highest BCUT2D eigenvalue weighted by Gasteiger charge is 2.16. The molecule has 1 amide bonds. The SMILES string of the molecule is COC(=O)c1ccc(C(=O)OC)c(NC(=O)/C=C/C(=O)O)c1. The topological polar surface area (TPSA) is 119 Å². The molecule has 1 rings (SSSR count). The van der Waals surface area contributed by atoms with Crippen LogP contribution < -0.4 is 5.32 Å². The molecule has 116 valence electrons. The highest BCUT2D eigenvalue weighted by molar-refractivity contribution is 6.07. The van der Waals surface area contributed by atoms with Gasteiger partial charge in [-0.15, -0.1) is 0 Å². The smallest absolute Gasteiger partial charge is 0.339 e. The van der Waals surface area contributed by atoms with Crippen LogP contribution in [-0.4, -0.2) is 43.1 Å². The molecule has 0 aliphatic carbocycles. The van der Waals surface area contributed by atoms with Gasteiger partial charge in [-0.2, -0.15) is 0 Å². The number of benzene rings is 1. The molecular formula is C14H13NO7. The zero-order valence-corrected chi connectivity index (χ0v) is 11.8. The monoisotopic (exact) mass is 307 g/mol. The fraction of sp³-hybridized carbons (Fsp3) is 0.143. The van der Waals surface area contributed by atoms with Crippen LogP contribution in [0.1, 0.15) is 20.7 Å². The number of carbonyl (C=O) groups excluding carboxylic acids is 3. The maximum Gasteiger partial charge on any atom is 0.339 e. The van der Waals surface area contributed by atoms with Crippen LogP contribution in [0.5, 0.6) is 0 Å². The lowest BCUT2D eigenvalue weighted by Crippen LogP contribution is -2.14. The average Bonchev–Trinajstić information content (AvgIpc) is 2.51. The van der Waals surface area contributed by atoms with Gasteiger partial charge in [-0.3, -0.25) is 4.79 Å². The third kappa shape index (κ3) is 4.44. The van der Waals surface area contributed by atoms with E-state index >= 15 is 0 Å². The summed E-state index contributed by atoms with van der Waals surface area (Å²) in [7, 11) is 2.34. The van der Waals surface area contributed by atoms with Gasteiger partial charge in [0.05, 0.1) is 31.0 Å². The molecule has 0 aromatic heterocycles. The van der Waals surface area contributed by atoms with E-state index in [9.17, 15) is 19.2 Å². The third-order valence-electron chi connectivity index (χ3n) is 2.48. The molecule has 0 heterocycles. The highest BCUT2D eigenvalue weighted by Crippen LogP contribution is 2.19. The molecule has 0 atom stereocenters. The zero-order chi connectivity index (χ0) is 16.7. The summed E-state index contributed by atoms with van der Waals surface area (Å²) in [6, 6.07) is 3.85. The van der Waals surface area contributed by atoms with Gasteiger partial charge < -0.3 is 19.9 Å². The van der Waals surface area contributed by atoms with Crippen LogP contribution >= 0.6 is 0 Å². The Balaban J connectivity index is 3.16. The molecule has 0 aliphatic rings. The molecule has 1 aromatic rings. The normalized spacial score (nSPS) is 10.1. The van der Waals surface area contributed by atoms with Crippen molar-refractivity contribution in [1.29, 1.82) is 0 Å². The Morgan fingerprint density at radius 1 is 1.05 bits per heavy atom. The Labute approximate surface area is 125 Å². The van der Waals surface area contributed by atoms with Crippen molar-refractivity contribution in [3.8, 4) is 0 Å². The number of carbonyl (C=O) groups is 4. The van der Waals surface area contributed by atoms with Crippen LogP contribution in [0.3, 0.4) is 0 Å². The van der Waals surface area contributed by atoms with Crippen molar-refractivity contribution in [2.75, 3.05) is 19.5 Å². The van der Waals surface area contributed by atoms with Crippen LogP contribution in [0.15, 0.2) is 30.4 Å². The first-order valence-corrected chi connectivity index (χ1v) is 5.91. The molecule has 0 spiro atoms. The van der Waals surface area contributed by atoms with E-state index in [2.05, 4.69) is 14.8 Å². The maximum absolute atomic E-state index is 11.6. The zero-order valence-electron chi connectivity index (χ0n) is 11.8. The number of hydrogen-bond acceptors (Lipinski definition) is 6. The van der Waals surface area contributed by atoms with Crippen molar-refractivity contribution in [3.05, 3.63) is 41.5 Å². The van der Waals surface area contributed by atoms with E-state index in [1.165, 1.54) is 25.3 Å². The molecule has 0 radical (unpaired) electrons. The molecule has 0 fully saturated rings. The van der Waals surface area contributed by atoms with Gasteiger partial charge in [-0.25, -0.2) is 14.4 Å². The highest BCUT2D eigenvalue weighted by atomic mass is 16.5. The Bertz CT molecular complexity index is 649. The minimum Gasteiger partial charge on any atom is -0.478 e. The molecule has 0 aliphatic heterocycles. The van der Waals surface area contributed by atoms with Crippen molar-refractivity contribution in [1.82, 2.24) is 0 Å². The van der Waals surface area contributed by atoms with Crippen LogP contribution in [0.25, 0.3) is 0 Å². The third-order valence-corrected chi connectivity index (χ3v) is 2.48. The van der Waals surface area contributed by atoms with Gasteiger partial charge >= 0.3 is 17.9 Å². The number of hydrogen-bond donors (Lipinski definition) is 2. The Morgan fingerprint density at radius 3 is 2.23 bits per heavy atom. The minimum atomic E-state index is -1.30. The van der Waals surface area contributed by atoms with Gasteiger partial charge in [0.1, 0.15) is 0 Å². The maximum atomic E-state index is 11.6. The summed E-state index contributed by atoms with van der Waals surface area (Å²) in [5, 5.41) is 10.8. The van der Waals surface area contributed by atoms with Gasteiger partial charge in [-0.1, -0.05) is 0 Å². The number of methoxy groups -OCH3 is 2. The number of rotatable bonds is 5. The van der Waals surface area contributed by atoms with Crippen LogP contribution in [0.4, 0.5) is 5.69 Å². The van der Waals surface area contributed by atoms with E-state index in [1.54, 1.807) is 0 Å². The Morgan fingerprint density at radius 2 is 1.68 bits per heavy atom. The molecular weight excluding hydrogens is 294 g/mol. The molecule has 22 heavy (non-hydrogen) atoms. The first-order chi connectivity index (χ1) is 10.4. The van der Waals surface area contributed by atoms with Crippen LogP contribution in [0.2, 0.25) is 0 Å². The van der Waals surface area contributed by atoms with E-state index in [4.69, 9.17) is 5.11 Å². The van der Waals surface area contributed by atoms with Gasteiger partial charge in [0.15, 0.2) is 0 Å². The number of carboxylic acids is 1. The van der Waals surface area contributed by atoms with E-state index in [0.29, 0.717) is 6.08 Å². The van der Waals surface area contributed by atoms with Crippen molar-refractivity contribution in [2.45, 2.75) is 0 Å². The standard InChI is InChI=1S/C14H13NO7/c1-21-13(19)8-3-4-9(14(20)22-2)10(7-8)15-11(16)5-6-12(17)18/h3-7H,1-2H3,(H,15,16)(H,17,18)/b6-5+. The quantitative estimate of drug-likeness (QED) is 0.611. The number of esters is 2. The molecule has 8 nitrogen and oxygen atoms in total. The van der Waals surface area contributed by atoms with Crippen LogP contribution in [0, 0.1) is 0 Å². The second-order valence-corrected chi connectivity index (χ2v) is 3.90. The summed E-state index contributed by atoms with van der Waals surface area (Å²) in [5.41, 5.74) is 0.106. The van der Waals surface area contributed by atoms with Crippen molar-refractivity contribution in [2.24, 2.45) is 0 Å². The number of amides is 1. The molecule has 8 heteroatoms. The molecule has 2 N–H and O–H groups in total. The van der Waals surface area contributed by atoms with E-state index < -0.39 is 23.8 Å². The van der Waals surface area contributed by atoms with Gasteiger partial charge in [0.2, 0.25) is 5.91 Å². The fourth-order valence-corrected chi connectivity index (χ4v) is 1.50.